The zero-order valence-corrected chi connectivity index (χ0v) is 12.8. The zero-order chi connectivity index (χ0) is 14.1. The maximum Gasteiger partial charge on any atom is 0.223 e. The van der Waals surface area contributed by atoms with Gasteiger partial charge in [0.15, 0.2) is 0 Å². The van der Waals surface area contributed by atoms with Crippen molar-refractivity contribution < 1.29 is 9.90 Å². The number of rotatable bonds is 2. The fourth-order valence-electron chi connectivity index (χ4n) is 3.39. The molecule has 0 aliphatic heterocycles. The van der Waals surface area contributed by atoms with Crippen molar-refractivity contribution in [3.63, 3.8) is 0 Å². The summed E-state index contributed by atoms with van der Waals surface area (Å²) in [6.07, 6.45) is 3.29. The molecule has 3 atom stereocenters. The third-order valence-electron chi connectivity index (χ3n) is 4.64. The number of benzene rings is 1. The summed E-state index contributed by atoms with van der Waals surface area (Å²) in [6.45, 7) is 0. The molecule has 3 rings (SSSR count). The summed E-state index contributed by atoms with van der Waals surface area (Å²) < 4.78 is 0. The van der Waals surface area contributed by atoms with Crippen LogP contribution in [0.5, 0.6) is 0 Å². The quantitative estimate of drug-likeness (QED) is 0.768. The first-order valence-corrected chi connectivity index (χ1v) is 7.44. The molecule has 1 aromatic rings. The molecule has 5 heteroatoms. The molecule has 1 fully saturated rings. The molecule has 4 nitrogen and oxygen atoms in total. The summed E-state index contributed by atoms with van der Waals surface area (Å²) in [5.74, 6) is -0.0118. The lowest BCUT2D eigenvalue weighted by Gasteiger charge is -2.30. The van der Waals surface area contributed by atoms with E-state index in [9.17, 15) is 9.90 Å². The Hall–Kier alpha value is -1.10. The summed E-state index contributed by atoms with van der Waals surface area (Å²) in [4.78, 5) is 12.3. The van der Waals surface area contributed by atoms with Gasteiger partial charge in [0.05, 0.1) is 6.10 Å². The Balaban J connectivity index is 0.00000161. The topological polar surface area (TPSA) is 75.4 Å². The van der Waals surface area contributed by atoms with E-state index in [1.165, 1.54) is 11.1 Å². The Bertz CT molecular complexity index is 484. The molecule has 0 radical (unpaired) electrons. The number of nitrogens with two attached hydrogens (primary N) is 1. The van der Waals surface area contributed by atoms with Crippen molar-refractivity contribution in [1.82, 2.24) is 5.32 Å². The maximum atomic E-state index is 12.3. The average Bonchev–Trinajstić information content (AvgIpc) is 2.83. The Morgan fingerprint density at radius 1 is 1.19 bits per heavy atom. The molecule has 1 amide bonds. The molecule has 116 valence electrons. The lowest BCUT2D eigenvalue weighted by Crippen LogP contribution is -2.46. The zero-order valence-electron chi connectivity index (χ0n) is 12.0. The Kier molecular flexibility index (Phi) is 5.25. The number of aliphatic hydroxyl groups is 1. The SMILES string of the molecule is Cl.N[C@@H]1CC[C@H](C(=O)NC2Cc3ccccc3C2)C[C@H]1O. The van der Waals surface area contributed by atoms with E-state index in [1.54, 1.807) is 0 Å². The lowest BCUT2D eigenvalue weighted by atomic mass is 9.83. The van der Waals surface area contributed by atoms with Crippen molar-refractivity contribution in [2.45, 2.75) is 50.3 Å². The molecule has 0 spiro atoms. The van der Waals surface area contributed by atoms with E-state index in [2.05, 4.69) is 17.4 Å². The third kappa shape index (κ3) is 3.57. The highest BCUT2D eigenvalue weighted by Gasteiger charge is 2.32. The molecule has 2 aliphatic rings. The number of amides is 1. The van der Waals surface area contributed by atoms with E-state index in [-0.39, 0.29) is 36.3 Å². The van der Waals surface area contributed by atoms with Crippen molar-refractivity contribution >= 4 is 18.3 Å². The van der Waals surface area contributed by atoms with E-state index in [1.807, 2.05) is 12.1 Å². The second-order valence-corrected chi connectivity index (χ2v) is 6.12. The summed E-state index contributed by atoms with van der Waals surface area (Å²) in [7, 11) is 0. The van der Waals surface area contributed by atoms with E-state index >= 15 is 0 Å². The number of fused-ring (bicyclic) bond motifs is 1. The van der Waals surface area contributed by atoms with Crippen LogP contribution in [0.3, 0.4) is 0 Å². The van der Waals surface area contributed by atoms with Crippen LogP contribution in [-0.4, -0.2) is 29.2 Å². The molecule has 0 unspecified atom stereocenters. The second-order valence-electron chi connectivity index (χ2n) is 6.12. The van der Waals surface area contributed by atoms with Crippen LogP contribution >= 0.6 is 12.4 Å². The van der Waals surface area contributed by atoms with Gasteiger partial charge in [0.1, 0.15) is 0 Å². The Morgan fingerprint density at radius 3 is 2.38 bits per heavy atom. The van der Waals surface area contributed by atoms with Crippen molar-refractivity contribution in [2.24, 2.45) is 11.7 Å². The minimum Gasteiger partial charge on any atom is -0.391 e. The summed E-state index contributed by atoms with van der Waals surface area (Å²) >= 11 is 0. The third-order valence-corrected chi connectivity index (χ3v) is 4.64. The van der Waals surface area contributed by atoms with Gasteiger partial charge >= 0.3 is 0 Å². The van der Waals surface area contributed by atoms with Crippen LogP contribution < -0.4 is 11.1 Å². The van der Waals surface area contributed by atoms with E-state index in [0.717, 1.165) is 25.7 Å². The molecule has 0 aromatic heterocycles. The first-order chi connectivity index (χ1) is 9.63. The van der Waals surface area contributed by atoms with Gasteiger partial charge in [-0.15, -0.1) is 12.4 Å². The van der Waals surface area contributed by atoms with Crippen molar-refractivity contribution in [3.05, 3.63) is 35.4 Å². The van der Waals surface area contributed by atoms with Gasteiger partial charge in [-0.2, -0.15) is 0 Å². The molecule has 2 aliphatic carbocycles. The minimum atomic E-state index is -0.541. The largest absolute Gasteiger partial charge is 0.391 e. The Labute approximate surface area is 131 Å². The highest BCUT2D eigenvalue weighted by molar-refractivity contribution is 5.85. The van der Waals surface area contributed by atoms with Crippen LogP contribution in [0.4, 0.5) is 0 Å². The fourth-order valence-corrected chi connectivity index (χ4v) is 3.39. The molecular weight excluding hydrogens is 288 g/mol. The van der Waals surface area contributed by atoms with Gasteiger partial charge in [-0.3, -0.25) is 4.79 Å². The van der Waals surface area contributed by atoms with Gasteiger partial charge in [0.25, 0.3) is 0 Å². The maximum absolute atomic E-state index is 12.3. The molecular formula is C16H23ClN2O2. The van der Waals surface area contributed by atoms with Crippen molar-refractivity contribution in [3.8, 4) is 0 Å². The molecule has 0 bridgehead atoms. The van der Waals surface area contributed by atoms with E-state index in [0.29, 0.717) is 6.42 Å². The molecule has 21 heavy (non-hydrogen) atoms. The normalized spacial score (nSPS) is 28.6. The van der Waals surface area contributed by atoms with Crippen molar-refractivity contribution in [2.75, 3.05) is 0 Å². The van der Waals surface area contributed by atoms with Gasteiger partial charge in [0, 0.05) is 18.0 Å². The molecule has 0 heterocycles. The number of carbonyl (C=O) groups excluding carboxylic acids is 1. The predicted molar refractivity (Wildman–Crippen MR) is 84.4 cm³/mol. The van der Waals surface area contributed by atoms with Crippen LogP contribution in [0.2, 0.25) is 0 Å². The monoisotopic (exact) mass is 310 g/mol. The number of hydrogen-bond acceptors (Lipinski definition) is 3. The lowest BCUT2D eigenvalue weighted by molar-refractivity contribution is -0.128. The highest BCUT2D eigenvalue weighted by Crippen LogP contribution is 2.26. The van der Waals surface area contributed by atoms with Crippen LogP contribution in [-0.2, 0) is 17.6 Å². The number of nitrogens with one attached hydrogen (secondary N) is 1. The molecule has 1 aromatic carbocycles. The van der Waals surface area contributed by atoms with Gasteiger partial charge in [-0.25, -0.2) is 0 Å². The van der Waals surface area contributed by atoms with Crippen LogP contribution in [0, 0.1) is 5.92 Å². The van der Waals surface area contributed by atoms with Gasteiger partial charge in [-0.1, -0.05) is 24.3 Å². The Morgan fingerprint density at radius 2 is 1.81 bits per heavy atom. The number of carbonyl (C=O) groups is 1. The van der Waals surface area contributed by atoms with E-state index < -0.39 is 6.10 Å². The van der Waals surface area contributed by atoms with Gasteiger partial charge in [0.2, 0.25) is 5.91 Å². The summed E-state index contributed by atoms with van der Waals surface area (Å²) in [5.41, 5.74) is 8.45. The molecule has 0 saturated heterocycles. The fraction of sp³-hybridized carbons (Fsp3) is 0.562. The predicted octanol–water partition coefficient (Wildman–Crippen LogP) is 1.18. The smallest absolute Gasteiger partial charge is 0.223 e. The van der Waals surface area contributed by atoms with E-state index in [4.69, 9.17) is 5.73 Å². The summed E-state index contributed by atoms with van der Waals surface area (Å²) in [5, 5.41) is 12.9. The first-order valence-electron chi connectivity index (χ1n) is 7.44. The molecule has 1 saturated carbocycles. The highest BCUT2D eigenvalue weighted by atomic mass is 35.5. The standard InChI is InChI=1S/C16H22N2O2.ClH/c17-14-6-5-12(9-15(14)19)16(20)18-13-7-10-3-1-2-4-11(10)8-13;/h1-4,12-15,19H,5-9,17H2,(H,18,20);1H/t12-,14+,15+;/m0./s1. The number of aliphatic hydroxyl groups excluding tert-OH is 1. The van der Waals surface area contributed by atoms with Crippen LogP contribution in [0.25, 0.3) is 0 Å². The summed E-state index contributed by atoms with van der Waals surface area (Å²) in [6, 6.07) is 8.38. The number of hydrogen-bond donors (Lipinski definition) is 3. The average molecular weight is 311 g/mol. The molecule has 4 N–H and O–H groups in total. The van der Waals surface area contributed by atoms with Crippen molar-refractivity contribution in [1.29, 1.82) is 0 Å². The number of halogens is 1. The van der Waals surface area contributed by atoms with Crippen LogP contribution in [0.1, 0.15) is 30.4 Å². The van der Waals surface area contributed by atoms with Gasteiger partial charge < -0.3 is 16.2 Å². The van der Waals surface area contributed by atoms with Crippen LogP contribution in [0.15, 0.2) is 24.3 Å². The first kappa shape index (κ1) is 16.3. The second kappa shape index (κ2) is 6.77. The minimum absolute atomic E-state index is 0. The van der Waals surface area contributed by atoms with Gasteiger partial charge in [-0.05, 0) is 43.2 Å².